The largest absolute Gasteiger partial charge is 0.460 e. The number of hydrogen-bond acceptors (Lipinski definition) is 14. The first-order valence-electron chi connectivity index (χ1n) is 16.6. The topological polar surface area (TPSA) is 308 Å². The van der Waals surface area contributed by atoms with Crippen molar-refractivity contribution in [1.82, 2.24) is 10.6 Å². The van der Waals surface area contributed by atoms with Gasteiger partial charge in [-0.05, 0) is 49.2 Å². The van der Waals surface area contributed by atoms with Gasteiger partial charge in [0.05, 0.1) is 46.0 Å². The Bertz CT molecular complexity index is 1850. The van der Waals surface area contributed by atoms with E-state index < -0.39 is 99.4 Å². The standard InChI is InChI=1S/C17H18N4O7.C17H20N2O7.I2/c1-8(13-12(9(2)22)16(24)19-13)15(23)14(20-18)17(25)28-7-10-3-5-11(6-4-10)21(26)27;1-9(16-15(10(2)20)17(23)18-16)13(21)7-14(22)26-8-11-3-5-12(6-4-11)19(24)25;1-2/h3-6,8-9,12-13,22H,7H2,1-2H3,(H,19,24);3-6,9-10,15-16,20H,7-8H2,1-2H3,(H,18,23);/t8-,9-,12-,13-;9-,10+,15+,16+;/m10./s1. The molecule has 2 aromatic carbocycles. The molecule has 20 nitrogen and oxygen atoms in total. The highest BCUT2D eigenvalue weighted by Gasteiger charge is 2.50. The number of halogens is 2. The smallest absolute Gasteiger partial charge is 0.441 e. The number of hydrogen-bond donors (Lipinski definition) is 4. The number of carbonyl (C=O) groups excluding carboxylic acids is 6. The lowest BCUT2D eigenvalue weighted by molar-refractivity contribution is -0.385. The summed E-state index contributed by atoms with van der Waals surface area (Å²) in [5.41, 5.74) is 9.00. The highest BCUT2D eigenvalue weighted by atomic mass is 128. The normalized spacial score (nSPS) is 19.9. The molecule has 2 heterocycles. The number of Topliss-reactive ketones (excluding diaryl/α,β-unsaturated/α-hetero) is 2. The number of β-lactam (4-membered cyclic amide) rings is 2. The third-order valence-electron chi connectivity index (χ3n) is 8.94. The molecule has 2 aliphatic rings. The Balaban J connectivity index is 0.000000371. The van der Waals surface area contributed by atoms with Gasteiger partial charge >= 0.3 is 17.7 Å². The summed E-state index contributed by atoms with van der Waals surface area (Å²) in [6.07, 6.45) is -2.32. The van der Waals surface area contributed by atoms with Crippen LogP contribution in [0.3, 0.4) is 0 Å². The average Bonchev–Trinajstić information content (AvgIpc) is 3.14. The Morgan fingerprint density at radius 3 is 1.52 bits per heavy atom. The molecule has 0 radical (unpaired) electrons. The van der Waals surface area contributed by atoms with Crippen LogP contribution in [0.2, 0.25) is 0 Å². The summed E-state index contributed by atoms with van der Waals surface area (Å²) in [6, 6.07) is 9.53. The van der Waals surface area contributed by atoms with E-state index in [0.717, 1.165) is 0 Å². The molecule has 2 saturated heterocycles. The quantitative estimate of drug-likeness (QED) is 0.0216. The monoisotopic (exact) mass is 1010 g/mol. The molecule has 2 amide bonds. The minimum Gasteiger partial charge on any atom is -0.460 e. The van der Waals surface area contributed by atoms with Gasteiger partial charge in [0.1, 0.15) is 25.4 Å². The van der Waals surface area contributed by atoms with E-state index in [1.807, 2.05) is 0 Å². The van der Waals surface area contributed by atoms with E-state index in [-0.39, 0.29) is 30.5 Å². The van der Waals surface area contributed by atoms with Crippen molar-refractivity contribution in [1.29, 1.82) is 0 Å². The summed E-state index contributed by atoms with van der Waals surface area (Å²) in [5.74, 6) is -6.92. The van der Waals surface area contributed by atoms with Gasteiger partial charge in [-0.3, -0.25) is 44.2 Å². The van der Waals surface area contributed by atoms with Gasteiger partial charge in [-0.1, -0.05) is 13.8 Å². The van der Waals surface area contributed by atoms with Gasteiger partial charge in [0.15, 0.2) is 0 Å². The molecule has 4 rings (SSSR count). The second-order valence-electron chi connectivity index (χ2n) is 12.7. The van der Waals surface area contributed by atoms with Crippen molar-refractivity contribution < 1.29 is 63.1 Å². The molecular formula is C34H38I2N6O14. The number of nitro benzene ring substituents is 2. The van der Waals surface area contributed by atoms with Crippen LogP contribution in [-0.4, -0.2) is 90.2 Å². The molecule has 2 aliphatic heterocycles. The van der Waals surface area contributed by atoms with Crippen LogP contribution < -0.4 is 10.6 Å². The van der Waals surface area contributed by atoms with Gasteiger partial charge in [-0.2, -0.15) is 4.79 Å². The predicted molar refractivity (Wildman–Crippen MR) is 210 cm³/mol. The molecule has 302 valence electrons. The molecule has 22 heteroatoms. The second kappa shape index (κ2) is 22.1. The van der Waals surface area contributed by atoms with Crippen molar-refractivity contribution in [3.8, 4) is 0 Å². The first-order valence-corrected chi connectivity index (χ1v) is 22.9. The van der Waals surface area contributed by atoms with Crippen LogP contribution in [0.1, 0.15) is 45.2 Å². The third kappa shape index (κ3) is 12.6. The van der Waals surface area contributed by atoms with Crippen molar-refractivity contribution >= 4 is 89.6 Å². The van der Waals surface area contributed by atoms with Crippen molar-refractivity contribution in [2.75, 3.05) is 0 Å². The Labute approximate surface area is 342 Å². The molecule has 4 N–H and O–H groups in total. The fourth-order valence-electron chi connectivity index (χ4n) is 5.68. The molecule has 0 saturated carbocycles. The molecular weight excluding hydrogens is 970 g/mol. The number of amides is 2. The number of nitro groups is 2. The average molecular weight is 1010 g/mol. The minimum atomic E-state index is -1.18. The van der Waals surface area contributed by atoms with Crippen LogP contribution in [-0.2, 0) is 51.5 Å². The van der Waals surface area contributed by atoms with Crippen LogP contribution >= 0.6 is 37.2 Å². The molecule has 0 aliphatic carbocycles. The summed E-state index contributed by atoms with van der Waals surface area (Å²) in [5, 5.41) is 45.5. The number of ketones is 2. The summed E-state index contributed by atoms with van der Waals surface area (Å²) in [4.78, 5) is 94.3. The second-order valence-corrected chi connectivity index (χ2v) is 12.7. The van der Waals surface area contributed by atoms with E-state index in [1.165, 1.54) is 69.3 Å². The zero-order chi connectivity index (χ0) is 42.4. The lowest BCUT2D eigenvalue weighted by Gasteiger charge is -2.41. The molecule has 0 aromatic heterocycles. The van der Waals surface area contributed by atoms with Gasteiger partial charge in [-0.25, -0.2) is 4.79 Å². The Morgan fingerprint density at radius 2 is 1.16 bits per heavy atom. The first kappa shape index (κ1) is 47.4. The van der Waals surface area contributed by atoms with Gasteiger partial charge in [-0.15, -0.1) is 0 Å². The Morgan fingerprint density at radius 1 is 0.768 bits per heavy atom. The van der Waals surface area contributed by atoms with E-state index in [4.69, 9.17) is 15.0 Å². The number of benzene rings is 2. The lowest BCUT2D eigenvalue weighted by Crippen LogP contribution is -2.66. The predicted octanol–water partition coefficient (Wildman–Crippen LogP) is 2.51. The van der Waals surface area contributed by atoms with Crippen LogP contribution in [0, 0.1) is 43.9 Å². The molecule has 2 fully saturated rings. The summed E-state index contributed by atoms with van der Waals surface area (Å²) in [7, 11) is 0. The number of nitrogens with one attached hydrogen (secondary N) is 2. The zero-order valence-electron chi connectivity index (χ0n) is 30.2. The zero-order valence-corrected chi connectivity index (χ0v) is 34.5. The van der Waals surface area contributed by atoms with E-state index in [9.17, 15) is 59.2 Å². The fraction of sp³-hybridized carbons (Fsp3) is 0.441. The van der Waals surface area contributed by atoms with Crippen molar-refractivity contribution in [3.63, 3.8) is 0 Å². The van der Waals surface area contributed by atoms with E-state index >= 15 is 0 Å². The number of rotatable bonds is 16. The van der Waals surface area contributed by atoms with E-state index in [2.05, 4.69) is 52.7 Å². The highest BCUT2D eigenvalue weighted by Crippen LogP contribution is 2.28. The summed E-state index contributed by atoms with van der Waals surface area (Å²) in [6.45, 7) is 5.50. The van der Waals surface area contributed by atoms with Crippen LogP contribution in [0.4, 0.5) is 11.4 Å². The van der Waals surface area contributed by atoms with Crippen LogP contribution in [0.25, 0.3) is 5.53 Å². The lowest BCUT2D eigenvalue weighted by atomic mass is 9.76. The Hall–Kier alpha value is -4.78. The maximum atomic E-state index is 12.5. The Kier molecular flexibility index (Phi) is 18.7. The summed E-state index contributed by atoms with van der Waals surface area (Å²) >= 11 is 4.24. The maximum absolute atomic E-state index is 12.5. The van der Waals surface area contributed by atoms with Gasteiger partial charge < -0.3 is 35.9 Å². The summed E-state index contributed by atoms with van der Waals surface area (Å²) < 4.78 is 9.93. The fourth-order valence-corrected chi connectivity index (χ4v) is 5.68. The van der Waals surface area contributed by atoms with Crippen molar-refractivity contribution in [2.45, 2.75) is 71.6 Å². The number of ether oxygens (including phenoxy) is 2. The highest BCUT2D eigenvalue weighted by molar-refractivity contribution is 15.0. The van der Waals surface area contributed by atoms with Crippen LogP contribution in [0.5, 0.6) is 0 Å². The molecule has 0 spiro atoms. The number of esters is 2. The van der Waals surface area contributed by atoms with Gasteiger partial charge in [0.25, 0.3) is 17.2 Å². The van der Waals surface area contributed by atoms with Crippen molar-refractivity contribution in [3.05, 3.63) is 85.4 Å². The molecule has 56 heavy (non-hydrogen) atoms. The number of carbonyl (C=O) groups is 6. The minimum absolute atomic E-state index is 0.0701. The van der Waals surface area contributed by atoms with Crippen molar-refractivity contribution in [2.24, 2.45) is 23.7 Å². The molecule has 2 aromatic rings. The molecule has 0 unspecified atom stereocenters. The first-order chi connectivity index (χ1) is 26.4. The number of aliphatic hydroxyl groups is 2. The van der Waals surface area contributed by atoms with E-state index in [0.29, 0.717) is 11.1 Å². The number of aliphatic hydroxyl groups excluding tert-OH is 2. The SMILES string of the molecule is C[C@@H](O)[C@H]1C(=O)N[C@@H]1[C@@H](C)C(=O)C(=[N+]=[N-])C(=O)OCc1ccc([N+](=O)[O-])cc1.C[C@@H](O)[C@H]1C(=O)N[C@@H]1[C@@H](C)C(=O)CC(=O)OCc1ccc([N+](=O)[O-])cc1.II. The van der Waals surface area contributed by atoms with Crippen LogP contribution in [0.15, 0.2) is 48.5 Å². The van der Waals surface area contributed by atoms with Gasteiger partial charge in [0.2, 0.25) is 11.8 Å². The number of nitrogens with zero attached hydrogens (tertiary/aromatic N) is 4. The van der Waals surface area contributed by atoms with Gasteiger partial charge in [0, 0.05) is 73.3 Å². The third-order valence-corrected chi connectivity index (χ3v) is 8.94. The van der Waals surface area contributed by atoms with E-state index in [1.54, 1.807) is 6.92 Å². The maximum Gasteiger partial charge on any atom is 0.441 e. The number of non-ortho nitro benzene ring substituents is 2. The molecule has 8 atom stereocenters. The molecule has 0 bridgehead atoms.